The normalized spacial score (nSPS) is 14.4. The molecular formula is C6H12O4S. The van der Waals surface area contributed by atoms with Gasteiger partial charge >= 0.3 is 5.97 Å². The molecule has 1 atom stereocenters. The van der Waals surface area contributed by atoms with Crippen molar-refractivity contribution in [2.45, 2.75) is 25.0 Å². The minimum absolute atomic E-state index is 0.0891. The van der Waals surface area contributed by atoms with E-state index in [1.807, 2.05) is 0 Å². The average Bonchev–Trinajstić information content (AvgIpc) is 1.80. The van der Waals surface area contributed by atoms with Crippen LogP contribution in [0, 0.1) is 0 Å². The molecule has 0 heterocycles. The van der Waals surface area contributed by atoms with Gasteiger partial charge in [0.05, 0.1) is 5.25 Å². The Morgan fingerprint density at radius 1 is 1.55 bits per heavy atom. The van der Waals surface area contributed by atoms with E-state index in [1.54, 1.807) is 0 Å². The lowest BCUT2D eigenvalue weighted by Gasteiger charge is -2.05. The van der Waals surface area contributed by atoms with Gasteiger partial charge in [0.2, 0.25) is 0 Å². The molecule has 0 saturated heterocycles. The average molecular weight is 180 g/mol. The Hall–Kier alpha value is -0.580. The van der Waals surface area contributed by atoms with Crippen LogP contribution in [0.1, 0.15) is 19.8 Å². The first kappa shape index (κ1) is 10.4. The van der Waals surface area contributed by atoms with Crippen molar-refractivity contribution in [1.82, 2.24) is 0 Å². The van der Waals surface area contributed by atoms with Crippen LogP contribution in [0.3, 0.4) is 0 Å². The molecule has 0 rings (SSSR count). The lowest BCUT2D eigenvalue weighted by Crippen LogP contribution is -2.16. The van der Waals surface area contributed by atoms with Crippen LogP contribution in [0.5, 0.6) is 0 Å². The van der Waals surface area contributed by atoms with Gasteiger partial charge in [0, 0.05) is 12.7 Å². The Labute approximate surface area is 66.1 Å². The van der Waals surface area contributed by atoms with Gasteiger partial charge < -0.3 is 5.11 Å². The van der Waals surface area contributed by atoms with Gasteiger partial charge in [0.1, 0.15) is 9.84 Å². The maximum absolute atomic E-state index is 10.8. The van der Waals surface area contributed by atoms with Gasteiger partial charge in [-0.3, -0.25) is 4.79 Å². The summed E-state index contributed by atoms with van der Waals surface area (Å²) in [6.45, 7) is 1.51. The number of rotatable bonds is 4. The van der Waals surface area contributed by atoms with Crippen LogP contribution in [0.15, 0.2) is 0 Å². The number of carbonyl (C=O) groups is 1. The molecule has 0 bridgehead atoms. The Bertz CT molecular complexity index is 229. The third-order valence-corrected chi connectivity index (χ3v) is 3.19. The lowest BCUT2D eigenvalue weighted by molar-refractivity contribution is -0.137. The molecule has 0 saturated carbocycles. The smallest absolute Gasteiger partial charge is 0.303 e. The van der Waals surface area contributed by atoms with E-state index in [0.29, 0.717) is 0 Å². The summed E-state index contributed by atoms with van der Waals surface area (Å²) in [5, 5.41) is 7.68. The highest BCUT2D eigenvalue weighted by atomic mass is 32.2. The second kappa shape index (κ2) is 3.71. The van der Waals surface area contributed by atoms with Gasteiger partial charge in [-0.15, -0.1) is 0 Å². The third kappa shape index (κ3) is 4.78. The van der Waals surface area contributed by atoms with E-state index in [2.05, 4.69) is 0 Å². The van der Waals surface area contributed by atoms with Gasteiger partial charge in [-0.05, 0) is 13.3 Å². The predicted octanol–water partition coefficient (Wildman–Crippen LogP) is 0.284. The molecule has 0 fully saturated rings. The molecule has 0 amide bonds. The number of hydrogen-bond acceptors (Lipinski definition) is 3. The summed E-state index contributed by atoms with van der Waals surface area (Å²) in [4.78, 5) is 10.0. The molecular weight excluding hydrogens is 168 g/mol. The molecule has 66 valence electrons. The van der Waals surface area contributed by atoms with E-state index in [1.165, 1.54) is 6.92 Å². The second-order valence-corrected chi connectivity index (χ2v) is 5.04. The third-order valence-electron chi connectivity index (χ3n) is 1.50. The van der Waals surface area contributed by atoms with E-state index in [9.17, 15) is 13.2 Å². The van der Waals surface area contributed by atoms with Gasteiger partial charge in [-0.25, -0.2) is 8.42 Å². The van der Waals surface area contributed by atoms with Crippen molar-refractivity contribution < 1.29 is 18.3 Å². The molecule has 0 aliphatic carbocycles. The first-order valence-electron chi connectivity index (χ1n) is 3.24. The summed E-state index contributed by atoms with van der Waals surface area (Å²) in [6.07, 6.45) is 1.21. The standard InChI is InChI=1S/C6H12O4S/c1-5(11(2,9)10)3-4-6(7)8/h5H,3-4H2,1-2H3,(H,7,8). The summed E-state index contributed by atoms with van der Waals surface area (Å²) >= 11 is 0. The van der Waals surface area contributed by atoms with Crippen molar-refractivity contribution in [1.29, 1.82) is 0 Å². The minimum Gasteiger partial charge on any atom is -0.481 e. The fourth-order valence-corrected chi connectivity index (χ4v) is 1.09. The molecule has 1 N–H and O–H groups in total. The van der Waals surface area contributed by atoms with Crippen LogP contribution >= 0.6 is 0 Å². The summed E-state index contributed by atoms with van der Waals surface area (Å²) in [5.74, 6) is -0.958. The van der Waals surface area contributed by atoms with Gasteiger partial charge in [0.25, 0.3) is 0 Å². The molecule has 1 unspecified atom stereocenters. The van der Waals surface area contributed by atoms with Gasteiger partial charge in [-0.2, -0.15) is 0 Å². The van der Waals surface area contributed by atoms with E-state index >= 15 is 0 Å². The quantitative estimate of drug-likeness (QED) is 0.674. The first-order chi connectivity index (χ1) is 4.84. The van der Waals surface area contributed by atoms with E-state index in [4.69, 9.17) is 5.11 Å². The lowest BCUT2D eigenvalue weighted by atomic mass is 10.2. The zero-order valence-electron chi connectivity index (χ0n) is 6.57. The molecule has 0 aromatic carbocycles. The zero-order valence-corrected chi connectivity index (χ0v) is 7.39. The summed E-state index contributed by atoms with van der Waals surface area (Å²) in [5.41, 5.74) is 0. The largest absolute Gasteiger partial charge is 0.481 e. The fourth-order valence-electron chi connectivity index (χ4n) is 0.541. The maximum Gasteiger partial charge on any atom is 0.303 e. The Morgan fingerprint density at radius 2 is 2.00 bits per heavy atom. The maximum atomic E-state index is 10.8. The molecule has 0 spiro atoms. The Balaban J connectivity index is 3.90. The van der Waals surface area contributed by atoms with Crippen LogP contribution in [-0.2, 0) is 14.6 Å². The highest BCUT2D eigenvalue weighted by Crippen LogP contribution is 2.05. The van der Waals surface area contributed by atoms with Crippen molar-refractivity contribution in [3.8, 4) is 0 Å². The van der Waals surface area contributed by atoms with E-state index in [-0.39, 0.29) is 12.8 Å². The number of carboxylic acid groups (broad SMARTS) is 1. The molecule has 5 heteroatoms. The van der Waals surface area contributed by atoms with Crippen molar-refractivity contribution in [2.24, 2.45) is 0 Å². The number of sulfone groups is 1. The summed E-state index contributed by atoms with van der Waals surface area (Å²) < 4.78 is 21.5. The van der Waals surface area contributed by atoms with Crippen LogP contribution in [0.25, 0.3) is 0 Å². The molecule has 4 nitrogen and oxygen atoms in total. The fraction of sp³-hybridized carbons (Fsp3) is 0.833. The van der Waals surface area contributed by atoms with E-state index in [0.717, 1.165) is 6.26 Å². The summed E-state index contributed by atoms with van der Waals surface area (Å²) in [6, 6.07) is 0. The van der Waals surface area contributed by atoms with E-state index < -0.39 is 21.1 Å². The second-order valence-electron chi connectivity index (χ2n) is 2.57. The minimum atomic E-state index is -3.06. The van der Waals surface area contributed by atoms with Crippen molar-refractivity contribution in [2.75, 3.05) is 6.26 Å². The zero-order chi connectivity index (χ0) is 9.07. The van der Waals surface area contributed by atoms with Gasteiger partial charge in [0.15, 0.2) is 0 Å². The van der Waals surface area contributed by atoms with Crippen molar-refractivity contribution in [3.63, 3.8) is 0 Å². The van der Waals surface area contributed by atoms with Crippen LogP contribution < -0.4 is 0 Å². The molecule has 0 radical (unpaired) electrons. The highest BCUT2D eigenvalue weighted by molar-refractivity contribution is 7.91. The molecule has 0 aliphatic rings. The number of hydrogen-bond donors (Lipinski definition) is 1. The van der Waals surface area contributed by atoms with Gasteiger partial charge in [-0.1, -0.05) is 0 Å². The molecule has 0 aliphatic heterocycles. The number of aliphatic carboxylic acids is 1. The molecule has 0 aromatic rings. The molecule has 0 aromatic heterocycles. The number of carboxylic acids is 1. The topological polar surface area (TPSA) is 71.4 Å². The predicted molar refractivity (Wildman–Crippen MR) is 41.2 cm³/mol. The van der Waals surface area contributed by atoms with Crippen LogP contribution in [-0.4, -0.2) is 31.0 Å². The SMILES string of the molecule is CC(CCC(=O)O)S(C)(=O)=O. The Kier molecular flexibility index (Phi) is 3.51. The van der Waals surface area contributed by atoms with Crippen molar-refractivity contribution >= 4 is 15.8 Å². The van der Waals surface area contributed by atoms with Crippen LogP contribution in [0.2, 0.25) is 0 Å². The van der Waals surface area contributed by atoms with Crippen LogP contribution in [0.4, 0.5) is 0 Å². The highest BCUT2D eigenvalue weighted by Gasteiger charge is 2.15. The Morgan fingerprint density at radius 3 is 2.27 bits per heavy atom. The first-order valence-corrected chi connectivity index (χ1v) is 5.20. The van der Waals surface area contributed by atoms with Crippen molar-refractivity contribution in [3.05, 3.63) is 0 Å². The monoisotopic (exact) mass is 180 g/mol. The molecule has 11 heavy (non-hydrogen) atoms. The summed E-state index contributed by atoms with van der Waals surface area (Å²) in [7, 11) is -3.06.